The van der Waals surface area contributed by atoms with Crippen LogP contribution in [-0.2, 0) is 14.0 Å². The molecule has 7 nitrogen and oxygen atoms in total. The zero-order chi connectivity index (χ0) is 16.1. The molecule has 2 saturated heterocycles. The molecule has 0 radical (unpaired) electrons. The van der Waals surface area contributed by atoms with Gasteiger partial charge in [0.15, 0.2) is 6.23 Å². The van der Waals surface area contributed by atoms with Gasteiger partial charge in [-0.2, -0.15) is 0 Å². The Morgan fingerprint density at radius 3 is 2.82 bits per heavy atom. The number of H-pyrrole nitrogens is 1. The summed E-state index contributed by atoms with van der Waals surface area (Å²) in [5.74, 6) is 1.69. The molecule has 2 aliphatic rings. The van der Waals surface area contributed by atoms with Crippen LogP contribution in [0.3, 0.4) is 0 Å². The fourth-order valence-corrected chi connectivity index (χ4v) is 3.54. The van der Waals surface area contributed by atoms with Crippen molar-refractivity contribution >= 4 is 7.14 Å². The minimum absolute atomic E-state index is 0.0131. The van der Waals surface area contributed by atoms with Crippen LogP contribution in [0.2, 0.25) is 0 Å². The summed E-state index contributed by atoms with van der Waals surface area (Å²) in [7, 11) is -2.32. The molecule has 3 rings (SSSR count). The first-order valence-electron chi connectivity index (χ1n) is 7.08. The van der Waals surface area contributed by atoms with E-state index in [4.69, 9.17) is 9.47 Å². The summed E-state index contributed by atoms with van der Waals surface area (Å²) in [4.78, 5) is 25.3. The van der Waals surface area contributed by atoms with Crippen LogP contribution in [-0.4, -0.2) is 41.2 Å². The average Bonchev–Trinajstić information content (AvgIpc) is 2.87. The first-order valence-corrected chi connectivity index (χ1v) is 9.75. The second kappa shape index (κ2) is 5.05. The normalized spacial score (nSPS) is 34.6. The standard InChI is InChI=1S/C14H19N2O5P/c1-9-11-12(16-6-4-10(17)15-13(16)18)21-14(9,8-20-11)5-7-22(2,3)19/h4-7,9,11-12H,8H2,1-3H3,(H,15,17,18)/b7-5+/t9-,11+,12+,14-/m0/s1. The van der Waals surface area contributed by atoms with Gasteiger partial charge >= 0.3 is 5.69 Å². The molecule has 1 aromatic heterocycles. The maximum absolute atomic E-state index is 11.9. The molecule has 2 fully saturated rings. The first-order chi connectivity index (χ1) is 10.2. The van der Waals surface area contributed by atoms with Crippen molar-refractivity contribution in [1.82, 2.24) is 9.55 Å². The van der Waals surface area contributed by atoms with E-state index < -0.39 is 30.2 Å². The van der Waals surface area contributed by atoms with Crippen molar-refractivity contribution in [3.05, 3.63) is 45.0 Å². The molecule has 0 aromatic carbocycles. The third-order valence-electron chi connectivity index (χ3n) is 4.23. The largest absolute Gasteiger partial charge is 0.370 e. The molecule has 0 spiro atoms. The SMILES string of the molecule is C[C@H]1[C@H]2OC[C@]1(/C=C/P(C)(C)=O)O[C@H]2n1ccc(=O)[nH]c1=O. The van der Waals surface area contributed by atoms with Crippen LogP contribution in [0.15, 0.2) is 33.7 Å². The zero-order valence-electron chi connectivity index (χ0n) is 12.7. The second-order valence-corrected chi connectivity index (χ2v) is 9.46. The molecule has 2 aliphatic heterocycles. The van der Waals surface area contributed by atoms with E-state index in [2.05, 4.69) is 4.98 Å². The predicted octanol–water partition coefficient (Wildman–Crippen LogP) is 0.975. The quantitative estimate of drug-likeness (QED) is 0.836. The maximum Gasteiger partial charge on any atom is 0.330 e. The van der Waals surface area contributed by atoms with Gasteiger partial charge in [0.05, 0.1) is 6.61 Å². The molecule has 1 N–H and O–H groups in total. The lowest BCUT2D eigenvalue weighted by Gasteiger charge is -2.29. The van der Waals surface area contributed by atoms with Crippen LogP contribution in [0.25, 0.3) is 0 Å². The second-order valence-electron chi connectivity index (χ2n) is 6.29. The highest BCUT2D eigenvalue weighted by Gasteiger charge is 2.58. The molecule has 1 aromatic rings. The summed E-state index contributed by atoms with van der Waals surface area (Å²) in [5.41, 5.74) is -1.67. The Hall–Kier alpha value is -1.43. The van der Waals surface area contributed by atoms with Gasteiger partial charge in [-0.1, -0.05) is 6.92 Å². The molecule has 0 amide bonds. The molecular formula is C14H19N2O5P. The summed E-state index contributed by atoms with van der Waals surface area (Å²) in [6, 6.07) is 1.27. The third kappa shape index (κ3) is 2.53. The predicted molar refractivity (Wildman–Crippen MR) is 81.7 cm³/mol. The number of ether oxygens (including phenoxy) is 2. The molecule has 8 heteroatoms. The number of nitrogens with zero attached hydrogens (tertiary/aromatic N) is 1. The molecule has 0 aliphatic carbocycles. The molecule has 4 atom stereocenters. The van der Waals surface area contributed by atoms with Gasteiger partial charge in [0.2, 0.25) is 0 Å². The number of aromatic amines is 1. The van der Waals surface area contributed by atoms with E-state index in [1.54, 1.807) is 25.2 Å². The zero-order valence-corrected chi connectivity index (χ0v) is 13.6. The summed E-state index contributed by atoms with van der Waals surface area (Å²) in [6.45, 7) is 5.70. The van der Waals surface area contributed by atoms with Crippen LogP contribution >= 0.6 is 7.14 Å². The fraction of sp³-hybridized carbons (Fsp3) is 0.571. The molecule has 0 unspecified atom stereocenters. The minimum Gasteiger partial charge on any atom is -0.370 e. The van der Waals surface area contributed by atoms with Gasteiger partial charge in [-0.05, 0) is 25.2 Å². The number of hydrogen-bond donors (Lipinski definition) is 1. The van der Waals surface area contributed by atoms with Crippen molar-refractivity contribution in [2.75, 3.05) is 19.9 Å². The summed E-state index contributed by atoms with van der Waals surface area (Å²) in [6.07, 6.45) is 2.31. The molecule has 120 valence electrons. The van der Waals surface area contributed by atoms with Crippen molar-refractivity contribution < 1.29 is 14.0 Å². The summed E-state index contributed by atoms with van der Waals surface area (Å²) < 4.78 is 25.1. The van der Waals surface area contributed by atoms with Gasteiger partial charge in [0, 0.05) is 18.2 Å². The number of nitrogens with one attached hydrogen (secondary N) is 1. The van der Waals surface area contributed by atoms with Crippen LogP contribution in [0.1, 0.15) is 13.2 Å². The van der Waals surface area contributed by atoms with E-state index in [9.17, 15) is 14.2 Å². The number of rotatable bonds is 3. The average molecular weight is 326 g/mol. The van der Waals surface area contributed by atoms with Crippen molar-refractivity contribution in [1.29, 1.82) is 0 Å². The Labute approximate surface area is 127 Å². The highest BCUT2D eigenvalue weighted by Crippen LogP contribution is 2.51. The van der Waals surface area contributed by atoms with Gasteiger partial charge in [0.25, 0.3) is 5.56 Å². The Bertz CT molecular complexity index is 776. The van der Waals surface area contributed by atoms with E-state index in [1.165, 1.54) is 16.8 Å². The molecule has 3 heterocycles. The van der Waals surface area contributed by atoms with Crippen molar-refractivity contribution in [3.63, 3.8) is 0 Å². The monoisotopic (exact) mass is 326 g/mol. The lowest BCUT2D eigenvalue weighted by atomic mass is 9.91. The van der Waals surface area contributed by atoms with Gasteiger partial charge < -0.3 is 14.0 Å². The Morgan fingerprint density at radius 2 is 2.18 bits per heavy atom. The first kappa shape index (κ1) is 15.5. The van der Waals surface area contributed by atoms with Gasteiger partial charge in [-0.25, -0.2) is 4.79 Å². The van der Waals surface area contributed by atoms with E-state index >= 15 is 0 Å². The van der Waals surface area contributed by atoms with E-state index in [0.717, 1.165) is 0 Å². The van der Waals surface area contributed by atoms with Crippen LogP contribution in [0.5, 0.6) is 0 Å². The van der Waals surface area contributed by atoms with Crippen LogP contribution in [0, 0.1) is 5.92 Å². The van der Waals surface area contributed by atoms with E-state index in [1.807, 2.05) is 6.92 Å². The summed E-state index contributed by atoms with van der Waals surface area (Å²) >= 11 is 0. The molecule has 0 saturated carbocycles. The topological polar surface area (TPSA) is 90.4 Å². The smallest absolute Gasteiger partial charge is 0.330 e. The molecule has 2 bridgehead atoms. The fourth-order valence-electron chi connectivity index (χ4n) is 2.93. The highest BCUT2D eigenvalue weighted by atomic mass is 31.2. The lowest BCUT2D eigenvalue weighted by Crippen LogP contribution is -2.40. The number of fused-ring (bicyclic) bond motifs is 2. The van der Waals surface area contributed by atoms with Crippen LogP contribution < -0.4 is 11.2 Å². The van der Waals surface area contributed by atoms with Crippen molar-refractivity contribution in [2.24, 2.45) is 5.92 Å². The maximum atomic E-state index is 11.9. The number of aromatic nitrogens is 2. The Morgan fingerprint density at radius 1 is 1.45 bits per heavy atom. The van der Waals surface area contributed by atoms with Crippen LogP contribution in [0.4, 0.5) is 0 Å². The van der Waals surface area contributed by atoms with E-state index in [-0.39, 0.29) is 12.0 Å². The molecule has 22 heavy (non-hydrogen) atoms. The lowest BCUT2D eigenvalue weighted by molar-refractivity contribution is -0.155. The Kier molecular flexibility index (Phi) is 3.55. The number of hydrogen-bond acceptors (Lipinski definition) is 5. The van der Waals surface area contributed by atoms with Crippen molar-refractivity contribution in [2.45, 2.75) is 24.9 Å². The molecular weight excluding hydrogens is 307 g/mol. The van der Waals surface area contributed by atoms with Gasteiger partial charge in [0.1, 0.15) is 18.8 Å². The highest BCUT2D eigenvalue weighted by molar-refractivity contribution is 7.65. The van der Waals surface area contributed by atoms with E-state index in [0.29, 0.717) is 6.61 Å². The van der Waals surface area contributed by atoms with Crippen molar-refractivity contribution in [3.8, 4) is 0 Å². The summed E-state index contributed by atoms with van der Waals surface area (Å²) in [5, 5.41) is 0. The minimum atomic E-state index is -2.32. The van der Waals surface area contributed by atoms with Gasteiger partial charge in [-0.15, -0.1) is 0 Å². The van der Waals surface area contributed by atoms with Gasteiger partial charge in [-0.3, -0.25) is 14.3 Å². The third-order valence-corrected chi connectivity index (χ3v) is 5.09. The Balaban J connectivity index is 1.96.